The number of aliphatic hydroxyl groups excluding tert-OH is 1. The van der Waals surface area contributed by atoms with E-state index in [9.17, 15) is 5.11 Å². The lowest BCUT2D eigenvalue weighted by molar-refractivity contribution is 0.101. The van der Waals surface area contributed by atoms with Crippen LogP contribution in [0, 0.1) is 0 Å². The van der Waals surface area contributed by atoms with Crippen LogP contribution < -0.4 is 10.1 Å². The number of rotatable bonds is 10. The largest absolute Gasteiger partial charge is 0.491 e. The summed E-state index contributed by atoms with van der Waals surface area (Å²) in [5, 5.41) is 13.5. The van der Waals surface area contributed by atoms with E-state index in [1.165, 1.54) is 0 Å². The Morgan fingerprint density at radius 2 is 2.10 bits per heavy atom. The van der Waals surface area contributed by atoms with Gasteiger partial charge in [0.25, 0.3) is 0 Å². The van der Waals surface area contributed by atoms with Crippen molar-refractivity contribution in [3.63, 3.8) is 0 Å². The number of halogens is 1. The van der Waals surface area contributed by atoms with Crippen LogP contribution in [0.25, 0.3) is 0 Å². The fourth-order valence-corrected chi connectivity index (χ4v) is 1.57. The van der Waals surface area contributed by atoms with E-state index in [0.717, 1.165) is 5.57 Å². The fourth-order valence-electron chi connectivity index (χ4n) is 1.44. The summed E-state index contributed by atoms with van der Waals surface area (Å²) in [6.07, 6.45) is -0.563. The van der Waals surface area contributed by atoms with Crippen molar-refractivity contribution in [2.75, 3.05) is 32.9 Å². The molecule has 0 heterocycles. The monoisotopic (exact) mass is 299 g/mol. The van der Waals surface area contributed by atoms with Gasteiger partial charge < -0.3 is 19.9 Å². The minimum atomic E-state index is -0.563. The average Bonchev–Trinajstić information content (AvgIpc) is 2.41. The van der Waals surface area contributed by atoms with E-state index in [2.05, 4.69) is 11.9 Å². The van der Waals surface area contributed by atoms with Gasteiger partial charge in [-0.15, -0.1) is 0 Å². The summed E-state index contributed by atoms with van der Waals surface area (Å²) >= 11 is 5.77. The molecular weight excluding hydrogens is 278 g/mol. The van der Waals surface area contributed by atoms with Crippen molar-refractivity contribution in [3.8, 4) is 5.75 Å². The third kappa shape index (κ3) is 8.17. The Hall–Kier alpha value is -1.07. The van der Waals surface area contributed by atoms with E-state index in [1.807, 2.05) is 6.92 Å². The minimum absolute atomic E-state index is 0.237. The van der Waals surface area contributed by atoms with Crippen LogP contribution in [0.5, 0.6) is 5.75 Å². The third-order valence-electron chi connectivity index (χ3n) is 2.41. The maximum atomic E-state index is 9.74. The van der Waals surface area contributed by atoms with Gasteiger partial charge in [0, 0.05) is 18.1 Å². The first kappa shape index (κ1) is 17.0. The summed E-state index contributed by atoms with van der Waals surface area (Å²) in [5.41, 5.74) is 1.00. The number of hydrogen-bond acceptors (Lipinski definition) is 4. The standard InChI is InChI=1S/C15H22ClNO3/c1-12(2)10-19-8-7-17-9-14(18)11-20-15-5-3-13(16)4-6-15/h3-6,14,17-18H,1,7-11H2,2H3. The van der Waals surface area contributed by atoms with Gasteiger partial charge in [0.15, 0.2) is 0 Å². The number of nitrogens with one attached hydrogen (secondary N) is 1. The molecule has 0 saturated heterocycles. The van der Waals surface area contributed by atoms with Gasteiger partial charge in [-0.05, 0) is 31.2 Å². The molecule has 112 valence electrons. The molecule has 0 aliphatic carbocycles. The first-order valence-corrected chi connectivity index (χ1v) is 6.95. The van der Waals surface area contributed by atoms with E-state index in [4.69, 9.17) is 21.1 Å². The lowest BCUT2D eigenvalue weighted by Gasteiger charge is -2.13. The second-order valence-electron chi connectivity index (χ2n) is 4.63. The molecule has 0 radical (unpaired) electrons. The normalized spacial score (nSPS) is 12.2. The van der Waals surface area contributed by atoms with Gasteiger partial charge in [0.1, 0.15) is 18.5 Å². The molecule has 1 aromatic rings. The van der Waals surface area contributed by atoms with E-state index < -0.39 is 6.10 Å². The van der Waals surface area contributed by atoms with Gasteiger partial charge in [-0.3, -0.25) is 0 Å². The molecule has 4 nitrogen and oxygen atoms in total. The highest BCUT2D eigenvalue weighted by Gasteiger charge is 2.04. The molecular formula is C15H22ClNO3. The van der Waals surface area contributed by atoms with Crippen molar-refractivity contribution in [1.82, 2.24) is 5.32 Å². The highest BCUT2D eigenvalue weighted by molar-refractivity contribution is 6.30. The second kappa shape index (κ2) is 9.77. The Bertz CT molecular complexity index is 395. The van der Waals surface area contributed by atoms with E-state index in [1.54, 1.807) is 24.3 Å². The molecule has 1 atom stereocenters. The molecule has 1 unspecified atom stereocenters. The molecule has 0 spiro atoms. The Balaban J connectivity index is 2.04. The predicted molar refractivity (Wildman–Crippen MR) is 81.5 cm³/mol. The van der Waals surface area contributed by atoms with Crippen molar-refractivity contribution < 1.29 is 14.6 Å². The molecule has 0 bridgehead atoms. The first-order chi connectivity index (χ1) is 9.58. The van der Waals surface area contributed by atoms with Crippen LogP contribution in [-0.4, -0.2) is 44.1 Å². The number of benzene rings is 1. The van der Waals surface area contributed by atoms with Crippen LogP contribution in [0.1, 0.15) is 6.92 Å². The van der Waals surface area contributed by atoms with Crippen molar-refractivity contribution in [1.29, 1.82) is 0 Å². The summed E-state index contributed by atoms with van der Waals surface area (Å²) in [4.78, 5) is 0. The Morgan fingerprint density at radius 3 is 2.75 bits per heavy atom. The Labute approximate surface area is 125 Å². The van der Waals surface area contributed by atoms with Crippen LogP contribution >= 0.6 is 11.6 Å². The molecule has 0 amide bonds. The molecule has 0 aromatic heterocycles. The van der Waals surface area contributed by atoms with Gasteiger partial charge in [-0.2, -0.15) is 0 Å². The Morgan fingerprint density at radius 1 is 1.40 bits per heavy atom. The van der Waals surface area contributed by atoms with Crippen molar-refractivity contribution >= 4 is 11.6 Å². The summed E-state index contributed by atoms with van der Waals surface area (Å²) in [6.45, 7) is 8.23. The molecule has 0 saturated carbocycles. The molecule has 0 fully saturated rings. The van der Waals surface area contributed by atoms with Crippen molar-refractivity contribution in [2.24, 2.45) is 0 Å². The topological polar surface area (TPSA) is 50.7 Å². The van der Waals surface area contributed by atoms with Gasteiger partial charge >= 0.3 is 0 Å². The molecule has 0 aliphatic rings. The zero-order chi connectivity index (χ0) is 14.8. The van der Waals surface area contributed by atoms with Crippen molar-refractivity contribution in [3.05, 3.63) is 41.4 Å². The van der Waals surface area contributed by atoms with Crippen LogP contribution in [0.3, 0.4) is 0 Å². The maximum Gasteiger partial charge on any atom is 0.119 e. The van der Waals surface area contributed by atoms with Gasteiger partial charge in [0.2, 0.25) is 0 Å². The third-order valence-corrected chi connectivity index (χ3v) is 2.66. The SMILES string of the molecule is C=C(C)COCCNCC(O)COc1ccc(Cl)cc1. The van der Waals surface area contributed by atoms with Crippen LogP contribution in [0.15, 0.2) is 36.4 Å². The number of hydrogen-bond donors (Lipinski definition) is 2. The Kier molecular flexibility index (Phi) is 8.30. The molecule has 5 heteroatoms. The number of aliphatic hydroxyl groups is 1. The fraction of sp³-hybridized carbons (Fsp3) is 0.467. The smallest absolute Gasteiger partial charge is 0.119 e. The average molecular weight is 300 g/mol. The van der Waals surface area contributed by atoms with E-state index >= 15 is 0 Å². The second-order valence-corrected chi connectivity index (χ2v) is 5.07. The number of ether oxygens (including phenoxy) is 2. The lowest BCUT2D eigenvalue weighted by Crippen LogP contribution is -2.33. The van der Waals surface area contributed by atoms with E-state index in [0.29, 0.717) is 37.1 Å². The quantitative estimate of drug-likeness (QED) is 0.514. The van der Waals surface area contributed by atoms with Crippen LogP contribution in [0.2, 0.25) is 5.02 Å². The predicted octanol–water partition coefficient (Wildman–Crippen LogP) is 2.26. The maximum absolute atomic E-state index is 9.74. The summed E-state index contributed by atoms with van der Waals surface area (Å²) in [7, 11) is 0. The summed E-state index contributed by atoms with van der Waals surface area (Å²) in [5.74, 6) is 0.693. The molecule has 1 rings (SSSR count). The van der Waals surface area contributed by atoms with Crippen LogP contribution in [-0.2, 0) is 4.74 Å². The zero-order valence-corrected chi connectivity index (χ0v) is 12.5. The van der Waals surface area contributed by atoms with Gasteiger partial charge in [0.05, 0.1) is 13.2 Å². The van der Waals surface area contributed by atoms with Crippen LogP contribution in [0.4, 0.5) is 0 Å². The molecule has 1 aromatic carbocycles. The summed E-state index contributed by atoms with van der Waals surface area (Å²) in [6, 6.07) is 7.04. The highest BCUT2D eigenvalue weighted by atomic mass is 35.5. The van der Waals surface area contributed by atoms with Crippen molar-refractivity contribution in [2.45, 2.75) is 13.0 Å². The highest BCUT2D eigenvalue weighted by Crippen LogP contribution is 2.15. The first-order valence-electron chi connectivity index (χ1n) is 6.57. The van der Waals surface area contributed by atoms with Gasteiger partial charge in [-0.1, -0.05) is 23.8 Å². The van der Waals surface area contributed by atoms with Gasteiger partial charge in [-0.25, -0.2) is 0 Å². The molecule has 0 aliphatic heterocycles. The molecule has 2 N–H and O–H groups in total. The zero-order valence-electron chi connectivity index (χ0n) is 11.8. The van der Waals surface area contributed by atoms with E-state index in [-0.39, 0.29) is 6.61 Å². The summed E-state index contributed by atoms with van der Waals surface area (Å²) < 4.78 is 10.8. The minimum Gasteiger partial charge on any atom is -0.491 e. The lowest BCUT2D eigenvalue weighted by atomic mass is 10.3. The molecule has 20 heavy (non-hydrogen) atoms.